The molecule has 0 aromatic heterocycles. The summed E-state index contributed by atoms with van der Waals surface area (Å²) >= 11 is 12.2. The fourth-order valence-corrected chi connectivity index (χ4v) is 2.95. The summed E-state index contributed by atoms with van der Waals surface area (Å²) in [6.07, 6.45) is 0. The van der Waals surface area contributed by atoms with Gasteiger partial charge >= 0.3 is 6.03 Å². The van der Waals surface area contributed by atoms with Gasteiger partial charge in [0.25, 0.3) is 5.91 Å². The lowest BCUT2D eigenvalue weighted by atomic mass is 10.1. The van der Waals surface area contributed by atoms with E-state index in [4.69, 9.17) is 28.9 Å². The number of amides is 3. The van der Waals surface area contributed by atoms with Gasteiger partial charge in [-0.2, -0.15) is 0 Å². The minimum Gasteiger partial charge on any atom is -0.352 e. The predicted octanol–water partition coefficient (Wildman–Crippen LogP) is 3.99. The summed E-state index contributed by atoms with van der Waals surface area (Å²) in [5.74, 6) is -0.132. The van der Waals surface area contributed by atoms with Crippen LogP contribution in [0.25, 0.3) is 0 Å². The minimum atomic E-state index is -0.589. The van der Waals surface area contributed by atoms with Crippen LogP contribution in [0, 0.1) is 0 Å². The van der Waals surface area contributed by atoms with Gasteiger partial charge in [-0.3, -0.25) is 4.79 Å². The number of nitrogens with two attached hydrogens (primary N) is 1. The SMILES string of the molecule is CC(c1ccc(Cl)cc1Cl)N(C)C(=O)c1ccc(CNC(N)=O)cc1. The van der Waals surface area contributed by atoms with Crippen molar-refractivity contribution in [3.8, 4) is 0 Å². The van der Waals surface area contributed by atoms with Crippen molar-refractivity contribution in [2.45, 2.75) is 19.5 Å². The summed E-state index contributed by atoms with van der Waals surface area (Å²) in [5, 5.41) is 3.57. The van der Waals surface area contributed by atoms with E-state index in [1.54, 1.807) is 48.3 Å². The predicted molar refractivity (Wildman–Crippen MR) is 99.8 cm³/mol. The highest BCUT2D eigenvalue weighted by molar-refractivity contribution is 6.35. The van der Waals surface area contributed by atoms with Crippen LogP contribution in [-0.2, 0) is 6.54 Å². The molecule has 1 unspecified atom stereocenters. The lowest BCUT2D eigenvalue weighted by Crippen LogP contribution is -2.30. The van der Waals surface area contributed by atoms with Crippen molar-refractivity contribution in [3.63, 3.8) is 0 Å². The lowest BCUT2D eigenvalue weighted by molar-refractivity contribution is 0.0742. The summed E-state index contributed by atoms with van der Waals surface area (Å²) < 4.78 is 0. The molecule has 25 heavy (non-hydrogen) atoms. The Hall–Kier alpha value is -2.24. The number of carbonyl (C=O) groups excluding carboxylic acids is 2. The van der Waals surface area contributed by atoms with Gasteiger partial charge in [0.2, 0.25) is 0 Å². The molecule has 0 saturated carbocycles. The van der Waals surface area contributed by atoms with Gasteiger partial charge in [0.15, 0.2) is 0 Å². The van der Waals surface area contributed by atoms with Gasteiger partial charge in [0.1, 0.15) is 0 Å². The van der Waals surface area contributed by atoms with Gasteiger partial charge < -0.3 is 16.0 Å². The molecule has 0 bridgehead atoms. The lowest BCUT2D eigenvalue weighted by Gasteiger charge is -2.26. The van der Waals surface area contributed by atoms with Crippen LogP contribution >= 0.6 is 23.2 Å². The number of hydrogen-bond donors (Lipinski definition) is 2. The Labute approximate surface area is 156 Å². The molecule has 0 aliphatic heterocycles. The number of primary amides is 1. The number of hydrogen-bond acceptors (Lipinski definition) is 2. The average molecular weight is 380 g/mol. The van der Waals surface area contributed by atoms with Crippen LogP contribution < -0.4 is 11.1 Å². The minimum absolute atomic E-state index is 0.132. The van der Waals surface area contributed by atoms with Crippen molar-refractivity contribution < 1.29 is 9.59 Å². The number of nitrogens with zero attached hydrogens (tertiary/aromatic N) is 1. The molecule has 0 saturated heterocycles. The normalized spacial score (nSPS) is 11.7. The first-order chi connectivity index (χ1) is 11.8. The first-order valence-electron chi connectivity index (χ1n) is 7.64. The highest BCUT2D eigenvalue weighted by atomic mass is 35.5. The summed E-state index contributed by atoms with van der Waals surface area (Å²) in [7, 11) is 1.72. The Balaban J connectivity index is 2.11. The van der Waals surface area contributed by atoms with Gasteiger partial charge in [0.05, 0.1) is 6.04 Å². The van der Waals surface area contributed by atoms with Crippen molar-refractivity contribution in [2.75, 3.05) is 7.05 Å². The maximum Gasteiger partial charge on any atom is 0.312 e. The number of nitrogens with one attached hydrogen (secondary N) is 1. The molecule has 3 N–H and O–H groups in total. The van der Waals surface area contributed by atoms with Crippen molar-refractivity contribution in [3.05, 3.63) is 69.2 Å². The maximum absolute atomic E-state index is 12.7. The van der Waals surface area contributed by atoms with E-state index in [-0.39, 0.29) is 11.9 Å². The average Bonchev–Trinajstić information content (AvgIpc) is 2.58. The summed E-state index contributed by atoms with van der Waals surface area (Å²) in [6, 6.07) is 11.4. The zero-order valence-corrected chi connectivity index (χ0v) is 15.4. The molecule has 0 heterocycles. The zero-order chi connectivity index (χ0) is 18.6. The molecular weight excluding hydrogens is 361 g/mol. The third kappa shape index (κ3) is 4.87. The quantitative estimate of drug-likeness (QED) is 0.823. The highest BCUT2D eigenvalue weighted by Gasteiger charge is 2.20. The Morgan fingerprint density at radius 1 is 1.16 bits per heavy atom. The Kier molecular flexibility index (Phi) is 6.28. The van der Waals surface area contributed by atoms with Gasteiger partial charge in [-0.25, -0.2) is 4.79 Å². The Morgan fingerprint density at radius 2 is 1.80 bits per heavy atom. The smallest absolute Gasteiger partial charge is 0.312 e. The molecule has 132 valence electrons. The molecular formula is C18H19Cl2N3O2. The van der Waals surface area contributed by atoms with Gasteiger partial charge in [0, 0.05) is 29.2 Å². The summed E-state index contributed by atoms with van der Waals surface area (Å²) in [6.45, 7) is 2.22. The number of rotatable bonds is 5. The molecule has 0 fully saturated rings. The second-order valence-electron chi connectivity index (χ2n) is 5.67. The molecule has 1 atom stereocenters. The summed E-state index contributed by atoms with van der Waals surface area (Å²) in [5.41, 5.74) is 7.26. The topological polar surface area (TPSA) is 75.4 Å². The number of benzene rings is 2. The first kappa shape index (κ1) is 19.1. The van der Waals surface area contributed by atoms with E-state index >= 15 is 0 Å². The van der Waals surface area contributed by atoms with E-state index in [0.29, 0.717) is 22.2 Å². The molecule has 2 aromatic carbocycles. The fourth-order valence-electron chi connectivity index (χ4n) is 2.38. The molecule has 0 radical (unpaired) electrons. The molecule has 2 aromatic rings. The second kappa shape index (κ2) is 8.23. The third-order valence-electron chi connectivity index (χ3n) is 3.98. The molecule has 2 rings (SSSR count). The van der Waals surface area contributed by atoms with Crippen LogP contribution in [0.3, 0.4) is 0 Å². The van der Waals surface area contributed by atoms with E-state index in [1.807, 2.05) is 13.0 Å². The molecule has 0 aliphatic carbocycles. The second-order valence-corrected chi connectivity index (χ2v) is 6.52. The van der Waals surface area contributed by atoms with Crippen LogP contribution in [-0.4, -0.2) is 23.9 Å². The zero-order valence-electron chi connectivity index (χ0n) is 13.9. The third-order valence-corrected chi connectivity index (χ3v) is 4.54. The van der Waals surface area contributed by atoms with E-state index in [9.17, 15) is 9.59 Å². The highest BCUT2D eigenvalue weighted by Crippen LogP contribution is 2.29. The molecule has 0 aliphatic rings. The number of carbonyl (C=O) groups is 2. The van der Waals surface area contributed by atoms with Crippen LogP contribution in [0.2, 0.25) is 10.0 Å². The van der Waals surface area contributed by atoms with E-state index in [2.05, 4.69) is 5.32 Å². The van der Waals surface area contributed by atoms with E-state index < -0.39 is 6.03 Å². The molecule has 3 amide bonds. The van der Waals surface area contributed by atoms with Gasteiger partial charge in [-0.05, 0) is 42.3 Å². The molecule has 5 nitrogen and oxygen atoms in total. The van der Waals surface area contributed by atoms with Crippen LogP contribution in [0.5, 0.6) is 0 Å². The van der Waals surface area contributed by atoms with E-state index in [1.165, 1.54) is 0 Å². The monoisotopic (exact) mass is 379 g/mol. The summed E-state index contributed by atoms with van der Waals surface area (Å²) in [4.78, 5) is 25.0. The Morgan fingerprint density at radius 3 is 2.36 bits per heavy atom. The van der Waals surface area contributed by atoms with Crippen molar-refractivity contribution in [1.82, 2.24) is 10.2 Å². The maximum atomic E-state index is 12.7. The van der Waals surface area contributed by atoms with E-state index in [0.717, 1.165) is 11.1 Å². The molecule has 0 spiro atoms. The van der Waals surface area contributed by atoms with Crippen molar-refractivity contribution >= 4 is 35.1 Å². The largest absolute Gasteiger partial charge is 0.352 e. The first-order valence-corrected chi connectivity index (χ1v) is 8.39. The van der Waals surface area contributed by atoms with Crippen LogP contribution in [0.15, 0.2) is 42.5 Å². The van der Waals surface area contributed by atoms with Crippen LogP contribution in [0.4, 0.5) is 4.79 Å². The fraction of sp³-hybridized carbons (Fsp3) is 0.222. The molecule has 7 heteroatoms. The Bertz CT molecular complexity index is 778. The van der Waals surface area contributed by atoms with Crippen molar-refractivity contribution in [1.29, 1.82) is 0 Å². The van der Waals surface area contributed by atoms with Gasteiger partial charge in [-0.15, -0.1) is 0 Å². The van der Waals surface area contributed by atoms with Gasteiger partial charge in [-0.1, -0.05) is 41.4 Å². The van der Waals surface area contributed by atoms with Crippen molar-refractivity contribution in [2.24, 2.45) is 5.73 Å². The standard InChI is InChI=1S/C18H19Cl2N3O2/c1-11(15-8-7-14(19)9-16(15)20)23(2)17(24)13-5-3-12(4-6-13)10-22-18(21)25/h3-9,11H,10H2,1-2H3,(H3,21,22,25). The van der Waals surface area contributed by atoms with Crippen LogP contribution in [0.1, 0.15) is 34.5 Å². The number of urea groups is 1. The number of halogens is 2.